The van der Waals surface area contributed by atoms with Crippen LogP contribution in [0.3, 0.4) is 0 Å². The monoisotopic (exact) mass is 336 g/mol. The van der Waals surface area contributed by atoms with E-state index in [0.717, 1.165) is 36.9 Å². The largest absolute Gasteiger partial charge is 0.378 e. The normalized spacial score (nSPS) is 41.2. The second-order valence-corrected chi connectivity index (χ2v) is 9.27. The Balaban J connectivity index is 1.24. The summed E-state index contributed by atoms with van der Waals surface area (Å²) in [6, 6.07) is 0. The average molecular weight is 337 g/mol. The first kappa shape index (κ1) is 18.7. The van der Waals surface area contributed by atoms with Gasteiger partial charge in [0, 0.05) is 13.2 Å². The predicted molar refractivity (Wildman–Crippen MR) is 100 cm³/mol. The zero-order chi connectivity index (χ0) is 16.8. The Morgan fingerprint density at radius 3 is 1.79 bits per heavy atom. The van der Waals surface area contributed by atoms with E-state index in [4.69, 9.17) is 9.47 Å². The van der Waals surface area contributed by atoms with Crippen LogP contribution in [0.2, 0.25) is 0 Å². The van der Waals surface area contributed by atoms with Crippen LogP contribution in [0, 0.1) is 23.7 Å². The highest BCUT2D eigenvalue weighted by Crippen LogP contribution is 2.34. The first-order valence-electron chi connectivity index (χ1n) is 10.9. The smallest absolute Gasteiger partial charge is 0.0575 e. The van der Waals surface area contributed by atoms with E-state index < -0.39 is 0 Å². The number of hydrogen-bond donors (Lipinski definition) is 0. The van der Waals surface area contributed by atoms with E-state index in [1.54, 1.807) is 0 Å². The van der Waals surface area contributed by atoms with Crippen molar-refractivity contribution in [2.75, 3.05) is 13.2 Å². The van der Waals surface area contributed by atoms with Crippen LogP contribution in [-0.2, 0) is 9.47 Å². The molecule has 2 nitrogen and oxygen atoms in total. The van der Waals surface area contributed by atoms with Gasteiger partial charge in [0.1, 0.15) is 0 Å². The summed E-state index contributed by atoms with van der Waals surface area (Å²) in [6.45, 7) is 6.64. The minimum atomic E-state index is 0.486. The first-order valence-corrected chi connectivity index (χ1v) is 10.9. The van der Waals surface area contributed by atoms with Gasteiger partial charge >= 0.3 is 0 Å². The molecule has 1 aliphatic carbocycles. The molecule has 0 spiro atoms. The zero-order valence-corrected chi connectivity index (χ0v) is 16.2. The lowest BCUT2D eigenvalue weighted by Crippen LogP contribution is -2.28. The standard InChI is InChI=1S/C22H40O2/c1-17-3-6-19(7-4-17)9-10-21-12-14-22(24-16-21)13-11-20-8-5-18(2)23-15-20/h17-22H,3-16H2,1-2H3. The lowest BCUT2D eigenvalue weighted by molar-refractivity contribution is -0.0384. The molecular weight excluding hydrogens is 296 g/mol. The van der Waals surface area contributed by atoms with E-state index in [1.165, 1.54) is 77.0 Å². The van der Waals surface area contributed by atoms with Crippen molar-refractivity contribution in [1.29, 1.82) is 0 Å². The Kier molecular flexibility index (Phi) is 7.46. The zero-order valence-electron chi connectivity index (χ0n) is 16.2. The van der Waals surface area contributed by atoms with Gasteiger partial charge in [-0.25, -0.2) is 0 Å². The lowest BCUT2D eigenvalue weighted by Gasteiger charge is -2.33. The van der Waals surface area contributed by atoms with E-state index in [-0.39, 0.29) is 0 Å². The summed E-state index contributed by atoms with van der Waals surface area (Å²) in [5, 5.41) is 0. The Hall–Kier alpha value is -0.0800. The van der Waals surface area contributed by atoms with Crippen LogP contribution in [0.25, 0.3) is 0 Å². The highest BCUT2D eigenvalue weighted by Gasteiger charge is 2.25. The molecule has 2 saturated heterocycles. The summed E-state index contributed by atoms with van der Waals surface area (Å²) in [5.41, 5.74) is 0. The third-order valence-corrected chi connectivity index (χ3v) is 7.08. The van der Waals surface area contributed by atoms with Gasteiger partial charge in [-0.1, -0.05) is 39.0 Å². The maximum atomic E-state index is 6.22. The Labute approximate surface area is 150 Å². The molecule has 3 fully saturated rings. The van der Waals surface area contributed by atoms with Crippen molar-refractivity contribution in [3.63, 3.8) is 0 Å². The molecule has 4 unspecified atom stereocenters. The van der Waals surface area contributed by atoms with Crippen molar-refractivity contribution in [3.8, 4) is 0 Å². The summed E-state index contributed by atoms with van der Waals surface area (Å²) in [7, 11) is 0. The van der Waals surface area contributed by atoms with Gasteiger partial charge in [-0.05, 0) is 75.5 Å². The van der Waals surface area contributed by atoms with Crippen LogP contribution in [-0.4, -0.2) is 25.4 Å². The quantitative estimate of drug-likeness (QED) is 0.593. The molecule has 4 atom stereocenters. The summed E-state index contributed by atoms with van der Waals surface area (Å²) >= 11 is 0. The molecule has 0 aromatic carbocycles. The minimum Gasteiger partial charge on any atom is -0.378 e. The van der Waals surface area contributed by atoms with Crippen LogP contribution in [0.5, 0.6) is 0 Å². The predicted octanol–water partition coefficient (Wildman–Crippen LogP) is 5.98. The molecule has 0 bridgehead atoms. The lowest BCUT2D eigenvalue weighted by atomic mass is 9.79. The van der Waals surface area contributed by atoms with Gasteiger partial charge < -0.3 is 9.47 Å². The number of hydrogen-bond acceptors (Lipinski definition) is 2. The van der Waals surface area contributed by atoms with Gasteiger partial charge in [-0.15, -0.1) is 0 Å². The second kappa shape index (κ2) is 9.57. The molecule has 140 valence electrons. The average Bonchev–Trinajstić information content (AvgIpc) is 2.62. The number of rotatable bonds is 6. The van der Waals surface area contributed by atoms with Gasteiger partial charge in [0.25, 0.3) is 0 Å². The fourth-order valence-corrected chi connectivity index (χ4v) is 4.99. The molecule has 3 aliphatic rings. The maximum absolute atomic E-state index is 6.22. The van der Waals surface area contributed by atoms with Crippen molar-refractivity contribution in [1.82, 2.24) is 0 Å². The highest BCUT2D eigenvalue weighted by atomic mass is 16.5. The molecule has 0 amide bonds. The molecule has 2 heteroatoms. The minimum absolute atomic E-state index is 0.486. The van der Waals surface area contributed by atoms with Crippen molar-refractivity contribution >= 4 is 0 Å². The first-order chi connectivity index (χ1) is 11.7. The SMILES string of the molecule is CC1CCC(CCC2CCC(CCC3CCC(C)OC3)OC2)CC1. The van der Waals surface area contributed by atoms with Crippen LogP contribution >= 0.6 is 0 Å². The van der Waals surface area contributed by atoms with Crippen molar-refractivity contribution in [3.05, 3.63) is 0 Å². The summed E-state index contributed by atoms with van der Waals surface area (Å²) in [5.74, 6) is 3.64. The molecule has 3 rings (SSSR count). The van der Waals surface area contributed by atoms with Crippen molar-refractivity contribution in [2.24, 2.45) is 23.7 Å². The maximum Gasteiger partial charge on any atom is 0.0575 e. The van der Waals surface area contributed by atoms with Gasteiger partial charge in [-0.3, -0.25) is 0 Å². The molecule has 0 N–H and O–H groups in total. The Bertz CT molecular complexity index is 298. The molecule has 0 aromatic heterocycles. The van der Waals surface area contributed by atoms with Crippen LogP contribution < -0.4 is 0 Å². The van der Waals surface area contributed by atoms with Gasteiger partial charge in [0.15, 0.2) is 0 Å². The molecule has 0 aromatic rings. The summed E-state index contributed by atoms with van der Waals surface area (Å²) < 4.78 is 12.0. The third kappa shape index (κ3) is 6.02. The molecular formula is C22H40O2. The number of ether oxygens (including phenoxy) is 2. The van der Waals surface area contributed by atoms with E-state index in [0.29, 0.717) is 12.2 Å². The topological polar surface area (TPSA) is 18.5 Å². The fourth-order valence-electron chi connectivity index (χ4n) is 4.99. The van der Waals surface area contributed by atoms with Crippen LogP contribution in [0.15, 0.2) is 0 Å². The third-order valence-electron chi connectivity index (χ3n) is 7.08. The molecule has 0 radical (unpaired) electrons. The van der Waals surface area contributed by atoms with E-state index in [2.05, 4.69) is 13.8 Å². The Morgan fingerprint density at radius 1 is 0.583 bits per heavy atom. The highest BCUT2D eigenvalue weighted by molar-refractivity contribution is 4.76. The Morgan fingerprint density at radius 2 is 1.17 bits per heavy atom. The molecule has 1 saturated carbocycles. The molecule has 2 heterocycles. The second-order valence-electron chi connectivity index (χ2n) is 9.27. The van der Waals surface area contributed by atoms with Gasteiger partial charge in [0.2, 0.25) is 0 Å². The van der Waals surface area contributed by atoms with E-state index in [9.17, 15) is 0 Å². The summed E-state index contributed by atoms with van der Waals surface area (Å²) in [6.07, 6.45) is 17.7. The van der Waals surface area contributed by atoms with Crippen molar-refractivity contribution in [2.45, 2.75) is 103 Å². The van der Waals surface area contributed by atoms with E-state index in [1.807, 2.05) is 0 Å². The van der Waals surface area contributed by atoms with Crippen LogP contribution in [0.1, 0.15) is 90.9 Å². The van der Waals surface area contributed by atoms with Gasteiger partial charge in [0.05, 0.1) is 12.2 Å². The van der Waals surface area contributed by atoms with Crippen molar-refractivity contribution < 1.29 is 9.47 Å². The molecule has 2 aliphatic heterocycles. The molecule has 24 heavy (non-hydrogen) atoms. The van der Waals surface area contributed by atoms with Crippen LogP contribution in [0.4, 0.5) is 0 Å². The summed E-state index contributed by atoms with van der Waals surface area (Å²) in [4.78, 5) is 0. The van der Waals surface area contributed by atoms with E-state index >= 15 is 0 Å². The van der Waals surface area contributed by atoms with Gasteiger partial charge in [-0.2, -0.15) is 0 Å². The fraction of sp³-hybridized carbons (Fsp3) is 1.00.